The van der Waals surface area contributed by atoms with Crippen molar-refractivity contribution in [2.75, 3.05) is 0 Å². The molecule has 2 atom stereocenters. The summed E-state index contributed by atoms with van der Waals surface area (Å²) < 4.78 is 5.78. The van der Waals surface area contributed by atoms with E-state index in [4.69, 9.17) is 33.4 Å². The number of halogens is 2. The van der Waals surface area contributed by atoms with Crippen molar-refractivity contribution >= 4 is 23.2 Å². The fraction of sp³-hybridized carbons (Fsp3) is 0.231. The summed E-state index contributed by atoms with van der Waals surface area (Å²) in [7, 11) is 0. The fourth-order valence-electron chi connectivity index (χ4n) is 1.90. The first-order valence-corrected chi connectivity index (χ1v) is 6.21. The Kier molecular flexibility index (Phi) is 2.66. The minimum Gasteiger partial charge on any atom is -0.461 e. The van der Waals surface area contributed by atoms with Gasteiger partial charge in [-0.25, -0.2) is 0 Å². The van der Waals surface area contributed by atoms with Gasteiger partial charge in [-0.15, -0.1) is 0 Å². The molecule has 2 aromatic rings. The number of rotatable bonds is 2. The number of nitrogens with two attached hydrogens (primary N) is 1. The van der Waals surface area contributed by atoms with Crippen LogP contribution in [0.2, 0.25) is 10.0 Å². The molecule has 2 nitrogen and oxygen atoms in total. The molecule has 2 unspecified atom stereocenters. The molecule has 0 aliphatic heterocycles. The summed E-state index contributed by atoms with van der Waals surface area (Å²) in [5.74, 6) is 2.14. The van der Waals surface area contributed by atoms with Crippen molar-refractivity contribution in [3.8, 4) is 11.3 Å². The highest BCUT2D eigenvalue weighted by atomic mass is 35.5. The van der Waals surface area contributed by atoms with Gasteiger partial charge in [-0.3, -0.25) is 0 Å². The van der Waals surface area contributed by atoms with Gasteiger partial charge in [0.15, 0.2) is 0 Å². The molecular formula is C13H11Cl2NO. The number of hydrogen-bond acceptors (Lipinski definition) is 2. The first-order valence-electron chi connectivity index (χ1n) is 5.46. The fourth-order valence-corrected chi connectivity index (χ4v) is 2.20. The predicted molar refractivity (Wildman–Crippen MR) is 69.5 cm³/mol. The van der Waals surface area contributed by atoms with Crippen LogP contribution in [0.5, 0.6) is 0 Å². The Bertz CT molecular complexity index is 564. The molecule has 4 heteroatoms. The molecule has 17 heavy (non-hydrogen) atoms. The van der Waals surface area contributed by atoms with Gasteiger partial charge in [0.2, 0.25) is 0 Å². The normalized spacial score (nSPS) is 22.8. The minimum atomic E-state index is 0.253. The van der Waals surface area contributed by atoms with E-state index in [0.717, 1.165) is 23.5 Å². The van der Waals surface area contributed by atoms with Crippen LogP contribution in [0.4, 0.5) is 0 Å². The lowest BCUT2D eigenvalue weighted by molar-refractivity contribution is 0.522. The summed E-state index contributed by atoms with van der Waals surface area (Å²) in [6, 6.07) is 9.64. The Morgan fingerprint density at radius 3 is 2.53 bits per heavy atom. The number of benzene rings is 1. The second-order valence-corrected chi connectivity index (χ2v) is 5.15. The van der Waals surface area contributed by atoms with E-state index in [1.807, 2.05) is 18.2 Å². The SMILES string of the molecule is NC1CC1c1ccc(-c2ccc(Cl)c(Cl)c2)o1. The van der Waals surface area contributed by atoms with Gasteiger partial charge < -0.3 is 10.2 Å². The lowest BCUT2D eigenvalue weighted by Gasteiger charge is -2.00. The molecule has 0 amide bonds. The summed E-state index contributed by atoms with van der Waals surface area (Å²) in [5.41, 5.74) is 6.72. The van der Waals surface area contributed by atoms with Crippen LogP contribution in [-0.2, 0) is 0 Å². The van der Waals surface area contributed by atoms with Crippen LogP contribution in [0, 0.1) is 0 Å². The smallest absolute Gasteiger partial charge is 0.134 e. The molecule has 1 saturated carbocycles. The molecule has 0 radical (unpaired) electrons. The molecule has 0 bridgehead atoms. The second-order valence-electron chi connectivity index (χ2n) is 4.34. The van der Waals surface area contributed by atoms with Crippen LogP contribution in [0.15, 0.2) is 34.7 Å². The Labute approximate surface area is 109 Å². The van der Waals surface area contributed by atoms with Crippen molar-refractivity contribution in [2.24, 2.45) is 5.73 Å². The first kappa shape index (κ1) is 11.1. The van der Waals surface area contributed by atoms with Gasteiger partial charge in [-0.2, -0.15) is 0 Å². The van der Waals surface area contributed by atoms with Gasteiger partial charge in [0, 0.05) is 17.5 Å². The zero-order chi connectivity index (χ0) is 12.0. The van der Waals surface area contributed by atoms with E-state index in [9.17, 15) is 0 Å². The minimum absolute atomic E-state index is 0.253. The van der Waals surface area contributed by atoms with E-state index in [0.29, 0.717) is 16.0 Å². The summed E-state index contributed by atoms with van der Waals surface area (Å²) >= 11 is 11.8. The standard InChI is InChI=1S/C13H11Cl2NO/c14-9-2-1-7(5-10(9)15)12-3-4-13(17-12)8-6-11(8)16/h1-5,8,11H,6,16H2. The van der Waals surface area contributed by atoms with Crippen LogP contribution in [-0.4, -0.2) is 6.04 Å². The zero-order valence-electron chi connectivity index (χ0n) is 8.99. The lowest BCUT2D eigenvalue weighted by atomic mass is 10.2. The van der Waals surface area contributed by atoms with Crippen molar-refractivity contribution in [3.63, 3.8) is 0 Å². The summed E-state index contributed by atoms with van der Waals surface area (Å²) in [6.07, 6.45) is 1.01. The largest absolute Gasteiger partial charge is 0.461 e. The van der Waals surface area contributed by atoms with Crippen LogP contribution in [0.3, 0.4) is 0 Å². The van der Waals surface area contributed by atoms with Crippen molar-refractivity contribution in [3.05, 3.63) is 46.1 Å². The first-order chi connectivity index (χ1) is 8.15. The van der Waals surface area contributed by atoms with Crippen LogP contribution in [0.1, 0.15) is 18.1 Å². The van der Waals surface area contributed by atoms with Crippen molar-refractivity contribution in [1.29, 1.82) is 0 Å². The molecule has 1 heterocycles. The molecule has 0 spiro atoms. The van der Waals surface area contributed by atoms with Gasteiger partial charge in [-0.1, -0.05) is 23.2 Å². The molecule has 3 rings (SSSR count). The monoisotopic (exact) mass is 267 g/mol. The Morgan fingerprint density at radius 2 is 1.88 bits per heavy atom. The maximum absolute atomic E-state index is 5.97. The number of furan rings is 1. The highest BCUT2D eigenvalue weighted by Gasteiger charge is 2.37. The topological polar surface area (TPSA) is 39.2 Å². The van der Waals surface area contributed by atoms with Gasteiger partial charge >= 0.3 is 0 Å². The van der Waals surface area contributed by atoms with Gasteiger partial charge in [-0.05, 0) is 36.8 Å². The van der Waals surface area contributed by atoms with Crippen molar-refractivity contribution < 1.29 is 4.42 Å². The third-order valence-electron chi connectivity index (χ3n) is 3.04. The Morgan fingerprint density at radius 1 is 1.12 bits per heavy atom. The molecule has 1 aromatic carbocycles. The maximum Gasteiger partial charge on any atom is 0.134 e. The van der Waals surface area contributed by atoms with Crippen molar-refractivity contribution in [1.82, 2.24) is 0 Å². The second kappa shape index (κ2) is 4.05. The van der Waals surface area contributed by atoms with E-state index < -0.39 is 0 Å². The van der Waals surface area contributed by atoms with E-state index in [1.165, 1.54) is 0 Å². The third-order valence-corrected chi connectivity index (χ3v) is 3.78. The van der Waals surface area contributed by atoms with Crippen LogP contribution >= 0.6 is 23.2 Å². The highest BCUT2D eigenvalue weighted by Crippen LogP contribution is 2.41. The van der Waals surface area contributed by atoms with E-state index in [-0.39, 0.29) is 6.04 Å². The molecule has 2 N–H and O–H groups in total. The summed E-state index contributed by atoms with van der Waals surface area (Å²) in [6.45, 7) is 0. The van der Waals surface area contributed by atoms with Crippen LogP contribution < -0.4 is 5.73 Å². The highest BCUT2D eigenvalue weighted by molar-refractivity contribution is 6.42. The Balaban J connectivity index is 1.92. The molecule has 1 aliphatic rings. The maximum atomic E-state index is 5.97. The summed E-state index contributed by atoms with van der Waals surface area (Å²) in [4.78, 5) is 0. The molecular weight excluding hydrogens is 257 g/mol. The van der Waals surface area contributed by atoms with Gasteiger partial charge in [0.25, 0.3) is 0 Å². The quantitative estimate of drug-likeness (QED) is 0.891. The van der Waals surface area contributed by atoms with E-state index in [2.05, 4.69) is 0 Å². The average Bonchev–Trinajstić information content (AvgIpc) is 2.86. The average molecular weight is 268 g/mol. The zero-order valence-corrected chi connectivity index (χ0v) is 10.5. The molecule has 0 saturated heterocycles. The predicted octanol–water partition coefficient (Wildman–Crippen LogP) is 4.07. The van der Waals surface area contributed by atoms with Gasteiger partial charge in [0.05, 0.1) is 10.0 Å². The van der Waals surface area contributed by atoms with Gasteiger partial charge in [0.1, 0.15) is 11.5 Å². The van der Waals surface area contributed by atoms with E-state index in [1.54, 1.807) is 12.1 Å². The third kappa shape index (κ3) is 2.08. The van der Waals surface area contributed by atoms with Crippen molar-refractivity contribution in [2.45, 2.75) is 18.4 Å². The molecule has 88 valence electrons. The van der Waals surface area contributed by atoms with E-state index >= 15 is 0 Å². The Hall–Kier alpha value is -0.960. The number of hydrogen-bond donors (Lipinski definition) is 1. The lowest BCUT2D eigenvalue weighted by Crippen LogP contribution is -2.00. The molecule has 1 aromatic heterocycles. The summed E-state index contributed by atoms with van der Waals surface area (Å²) in [5, 5.41) is 1.08. The molecule has 1 fully saturated rings. The molecule has 1 aliphatic carbocycles. The van der Waals surface area contributed by atoms with Crippen LogP contribution in [0.25, 0.3) is 11.3 Å².